The van der Waals surface area contributed by atoms with Gasteiger partial charge in [-0.25, -0.2) is 9.78 Å². The van der Waals surface area contributed by atoms with Gasteiger partial charge in [-0.2, -0.15) is 0 Å². The maximum atomic E-state index is 12.3. The number of carbonyl (C=O) groups is 2. The molecule has 0 aliphatic carbocycles. The third kappa shape index (κ3) is 4.70. The van der Waals surface area contributed by atoms with Crippen LogP contribution in [-0.2, 0) is 22.7 Å². The lowest BCUT2D eigenvalue weighted by atomic mass is 10.1. The molecule has 26 heavy (non-hydrogen) atoms. The predicted molar refractivity (Wildman–Crippen MR) is 95.2 cm³/mol. The first-order valence-corrected chi connectivity index (χ1v) is 8.70. The van der Waals surface area contributed by atoms with Crippen LogP contribution in [0, 0.1) is 5.92 Å². The average Bonchev–Trinajstić information content (AvgIpc) is 3.16. The Kier molecular flexibility index (Phi) is 6.01. The van der Waals surface area contributed by atoms with Crippen molar-refractivity contribution in [2.24, 2.45) is 5.92 Å². The lowest BCUT2D eigenvalue weighted by Crippen LogP contribution is -2.34. The number of hydrogen-bond donors (Lipinski definition) is 1. The van der Waals surface area contributed by atoms with Crippen LogP contribution in [0.3, 0.4) is 0 Å². The molecule has 1 aliphatic rings. The quantitative estimate of drug-likeness (QED) is 0.868. The number of carbonyl (C=O) groups excluding carboxylic acids is 2. The third-order valence-electron chi connectivity index (χ3n) is 4.18. The molecule has 1 aliphatic heterocycles. The van der Waals surface area contributed by atoms with Crippen molar-refractivity contribution in [1.82, 2.24) is 20.2 Å². The largest absolute Gasteiger partial charge is 0.445 e. The highest BCUT2D eigenvalue weighted by atomic mass is 35.5. The minimum absolute atomic E-state index is 0.134. The maximum Gasteiger partial charge on any atom is 0.410 e. The summed E-state index contributed by atoms with van der Waals surface area (Å²) in [6, 6.07) is 9.48. The van der Waals surface area contributed by atoms with Gasteiger partial charge in [-0.15, -0.1) is 0 Å². The van der Waals surface area contributed by atoms with Crippen LogP contribution in [0.25, 0.3) is 0 Å². The second kappa shape index (κ2) is 8.62. The second-order valence-corrected chi connectivity index (χ2v) is 6.34. The van der Waals surface area contributed by atoms with Crippen molar-refractivity contribution < 1.29 is 14.3 Å². The summed E-state index contributed by atoms with van der Waals surface area (Å²) >= 11 is 5.92. The van der Waals surface area contributed by atoms with E-state index in [4.69, 9.17) is 16.3 Å². The second-order valence-electron chi connectivity index (χ2n) is 5.98. The summed E-state index contributed by atoms with van der Waals surface area (Å²) in [5.41, 5.74) is 1.44. The van der Waals surface area contributed by atoms with Crippen molar-refractivity contribution in [2.75, 3.05) is 13.1 Å². The molecule has 7 nitrogen and oxygen atoms in total. The molecule has 1 atom stereocenters. The smallest absolute Gasteiger partial charge is 0.410 e. The number of ether oxygens (including phenoxy) is 1. The van der Waals surface area contributed by atoms with Gasteiger partial charge in [0.15, 0.2) is 5.15 Å². The number of nitrogens with one attached hydrogen (secondary N) is 1. The zero-order chi connectivity index (χ0) is 18.4. The number of aromatic nitrogens is 2. The Balaban J connectivity index is 1.44. The summed E-state index contributed by atoms with van der Waals surface area (Å²) in [6.07, 6.45) is 3.21. The van der Waals surface area contributed by atoms with Gasteiger partial charge < -0.3 is 15.0 Å². The minimum Gasteiger partial charge on any atom is -0.445 e. The molecule has 2 aromatic rings. The van der Waals surface area contributed by atoms with Crippen LogP contribution in [-0.4, -0.2) is 40.0 Å². The van der Waals surface area contributed by atoms with Gasteiger partial charge in [-0.3, -0.25) is 9.78 Å². The Morgan fingerprint density at radius 1 is 1.23 bits per heavy atom. The third-order valence-corrected chi connectivity index (χ3v) is 4.49. The van der Waals surface area contributed by atoms with E-state index in [0.717, 1.165) is 5.56 Å². The zero-order valence-corrected chi connectivity index (χ0v) is 14.9. The van der Waals surface area contributed by atoms with Crippen LogP contribution >= 0.6 is 11.6 Å². The van der Waals surface area contributed by atoms with Crippen LogP contribution in [0.1, 0.15) is 17.7 Å². The summed E-state index contributed by atoms with van der Waals surface area (Å²) < 4.78 is 5.30. The highest BCUT2D eigenvalue weighted by molar-refractivity contribution is 6.29. The number of amides is 2. The monoisotopic (exact) mass is 374 g/mol. The Morgan fingerprint density at radius 2 is 2.00 bits per heavy atom. The van der Waals surface area contributed by atoms with Gasteiger partial charge in [0.1, 0.15) is 6.61 Å². The lowest BCUT2D eigenvalue weighted by Gasteiger charge is -2.16. The highest BCUT2D eigenvalue weighted by Crippen LogP contribution is 2.18. The van der Waals surface area contributed by atoms with Gasteiger partial charge in [-0.1, -0.05) is 41.9 Å². The molecular formula is C18H19ClN4O3. The SMILES string of the molecule is O=C(NCc1nccnc1Cl)[C@H]1CCN(C(=O)OCc2ccccc2)C1. The van der Waals surface area contributed by atoms with Gasteiger partial charge in [0.25, 0.3) is 0 Å². The van der Waals surface area contributed by atoms with Crippen molar-refractivity contribution in [3.63, 3.8) is 0 Å². The summed E-state index contributed by atoms with van der Waals surface area (Å²) in [7, 11) is 0. The molecule has 8 heteroatoms. The molecule has 136 valence electrons. The molecule has 0 radical (unpaired) electrons. The van der Waals surface area contributed by atoms with Crippen LogP contribution in [0.2, 0.25) is 5.15 Å². The summed E-state index contributed by atoms with van der Waals surface area (Å²) in [6.45, 7) is 1.27. The predicted octanol–water partition coefficient (Wildman–Crippen LogP) is 2.40. The minimum atomic E-state index is -0.402. The first-order chi connectivity index (χ1) is 12.6. The number of hydrogen-bond acceptors (Lipinski definition) is 5. The Hall–Kier alpha value is -2.67. The van der Waals surface area contributed by atoms with E-state index in [1.54, 1.807) is 4.90 Å². The van der Waals surface area contributed by atoms with Crippen molar-refractivity contribution in [1.29, 1.82) is 0 Å². The van der Waals surface area contributed by atoms with Crippen molar-refractivity contribution >= 4 is 23.6 Å². The Labute approximate surface area is 156 Å². The Morgan fingerprint density at radius 3 is 2.77 bits per heavy atom. The first kappa shape index (κ1) is 18.1. The van der Waals surface area contributed by atoms with Gasteiger partial charge in [0, 0.05) is 25.5 Å². The fourth-order valence-corrected chi connectivity index (χ4v) is 2.91. The maximum absolute atomic E-state index is 12.3. The molecule has 1 aromatic heterocycles. The molecule has 2 heterocycles. The molecule has 1 saturated heterocycles. The molecule has 0 saturated carbocycles. The summed E-state index contributed by atoms with van der Waals surface area (Å²) in [5, 5.41) is 3.06. The molecule has 0 spiro atoms. The molecule has 0 unspecified atom stereocenters. The fraction of sp³-hybridized carbons (Fsp3) is 0.333. The first-order valence-electron chi connectivity index (χ1n) is 8.32. The van der Waals surface area contributed by atoms with E-state index in [1.165, 1.54) is 12.4 Å². The van der Waals surface area contributed by atoms with E-state index in [1.807, 2.05) is 30.3 Å². The topological polar surface area (TPSA) is 84.4 Å². The highest BCUT2D eigenvalue weighted by Gasteiger charge is 2.31. The number of rotatable bonds is 5. The van der Waals surface area contributed by atoms with E-state index in [0.29, 0.717) is 25.2 Å². The Bertz CT molecular complexity index is 772. The average molecular weight is 375 g/mol. The van der Waals surface area contributed by atoms with Gasteiger partial charge in [0.2, 0.25) is 5.91 Å². The summed E-state index contributed by atoms with van der Waals surface area (Å²) in [4.78, 5) is 34.0. The molecule has 0 bridgehead atoms. The normalized spacial score (nSPS) is 16.3. The van der Waals surface area contributed by atoms with Gasteiger partial charge in [0.05, 0.1) is 18.2 Å². The van der Waals surface area contributed by atoms with E-state index < -0.39 is 6.09 Å². The van der Waals surface area contributed by atoms with Crippen molar-refractivity contribution in [2.45, 2.75) is 19.6 Å². The number of benzene rings is 1. The lowest BCUT2D eigenvalue weighted by molar-refractivity contribution is -0.124. The number of nitrogens with zero attached hydrogens (tertiary/aromatic N) is 3. The molecular weight excluding hydrogens is 356 g/mol. The van der Waals surface area contributed by atoms with E-state index >= 15 is 0 Å². The van der Waals surface area contributed by atoms with Crippen LogP contribution in [0.15, 0.2) is 42.7 Å². The van der Waals surface area contributed by atoms with Gasteiger partial charge >= 0.3 is 6.09 Å². The van der Waals surface area contributed by atoms with Crippen molar-refractivity contribution in [3.05, 3.63) is 59.1 Å². The molecule has 3 rings (SSSR count). The number of likely N-dealkylation sites (tertiary alicyclic amines) is 1. The standard InChI is InChI=1S/C18H19ClN4O3/c19-16-15(20-7-8-21-16)10-22-17(24)14-6-9-23(11-14)18(25)26-12-13-4-2-1-3-5-13/h1-5,7-8,14H,6,9-12H2,(H,22,24)/t14-/m0/s1. The summed E-state index contributed by atoms with van der Waals surface area (Å²) in [5.74, 6) is -0.403. The van der Waals surface area contributed by atoms with Crippen LogP contribution in [0.5, 0.6) is 0 Å². The number of halogens is 1. The molecule has 1 N–H and O–H groups in total. The zero-order valence-electron chi connectivity index (χ0n) is 14.1. The van der Waals surface area contributed by atoms with Crippen LogP contribution in [0.4, 0.5) is 4.79 Å². The fourth-order valence-electron chi connectivity index (χ4n) is 2.73. The molecule has 1 fully saturated rings. The molecule has 1 aromatic carbocycles. The van der Waals surface area contributed by atoms with E-state index in [2.05, 4.69) is 15.3 Å². The molecule has 2 amide bonds. The van der Waals surface area contributed by atoms with Crippen LogP contribution < -0.4 is 5.32 Å². The van der Waals surface area contributed by atoms with Crippen molar-refractivity contribution in [3.8, 4) is 0 Å². The van der Waals surface area contributed by atoms with Gasteiger partial charge in [-0.05, 0) is 12.0 Å². The van der Waals surface area contributed by atoms with E-state index in [-0.39, 0.29) is 30.1 Å². The van der Waals surface area contributed by atoms with E-state index in [9.17, 15) is 9.59 Å².